The number of phenolic OH excluding ortho intramolecular Hbond substituents is 2. The Balaban J connectivity index is 0.00000281. The molecule has 0 fully saturated rings. The van der Waals surface area contributed by atoms with E-state index >= 15 is 0 Å². The number of benzene rings is 6. The molecule has 12 nitrogen and oxygen atoms in total. The van der Waals surface area contributed by atoms with Crippen LogP contribution in [0.25, 0.3) is 21.5 Å². The minimum absolute atomic E-state index is 0. The van der Waals surface area contributed by atoms with Crippen LogP contribution in [0.2, 0.25) is 0 Å². The van der Waals surface area contributed by atoms with Crippen LogP contribution in [0.15, 0.2) is 139 Å². The van der Waals surface area contributed by atoms with Crippen LogP contribution in [-0.2, 0) is 20.2 Å². The van der Waals surface area contributed by atoms with Crippen molar-refractivity contribution in [2.75, 3.05) is 0 Å². The monoisotopic (exact) mass is 722 g/mol. The smallest absolute Gasteiger partial charge is 0.744 e. The minimum Gasteiger partial charge on any atom is -0.744 e. The van der Waals surface area contributed by atoms with E-state index in [4.69, 9.17) is 0 Å². The summed E-state index contributed by atoms with van der Waals surface area (Å²) in [5.74, 6) is 5.38. The summed E-state index contributed by atoms with van der Waals surface area (Å²) < 4.78 is 70.8. The molecule has 0 spiro atoms. The topological polar surface area (TPSA) is 204 Å². The van der Waals surface area contributed by atoms with Crippen LogP contribution in [-0.4, -0.2) is 36.2 Å². The van der Waals surface area contributed by atoms with Crippen LogP contribution in [0, 0.1) is 11.8 Å². The molecule has 0 heterocycles. The second-order valence-electron chi connectivity index (χ2n) is 10.2. The molecule has 6 aromatic carbocycles. The average molecular weight is 723 g/mol. The Morgan fingerprint density at radius 1 is 0.480 bits per heavy atom. The van der Waals surface area contributed by atoms with Gasteiger partial charge in [-0.25, -0.2) is 16.8 Å². The van der Waals surface area contributed by atoms with E-state index in [1.807, 2.05) is 0 Å². The summed E-state index contributed by atoms with van der Waals surface area (Å²) in [5, 5.41) is 37.7. The molecule has 2 N–H and O–H groups in total. The quantitative estimate of drug-likeness (QED) is 0.111. The third-order valence-corrected chi connectivity index (χ3v) is 8.84. The van der Waals surface area contributed by atoms with Gasteiger partial charge in [-0.1, -0.05) is 60.4 Å². The van der Waals surface area contributed by atoms with Crippen molar-refractivity contribution in [1.29, 1.82) is 0 Å². The largest absolute Gasteiger partial charge is 1.00 e. The third kappa shape index (κ3) is 8.66. The van der Waals surface area contributed by atoms with Crippen molar-refractivity contribution in [3.05, 3.63) is 120 Å². The Morgan fingerprint density at radius 3 is 1.12 bits per heavy atom. The van der Waals surface area contributed by atoms with Gasteiger partial charge in [-0.05, 0) is 60.7 Å². The van der Waals surface area contributed by atoms with Crippen LogP contribution in [0.3, 0.4) is 0 Å². The van der Waals surface area contributed by atoms with E-state index in [9.17, 15) is 36.2 Å². The molecule has 0 atom stereocenters. The zero-order chi connectivity index (χ0) is 34.1. The van der Waals surface area contributed by atoms with Crippen molar-refractivity contribution in [2.45, 2.75) is 9.79 Å². The summed E-state index contributed by atoms with van der Waals surface area (Å²) in [7, 11) is -9.69. The van der Waals surface area contributed by atoms with Gasteiger partial charge in [0.1, 0.15) is 31.6 Å². The first-order valence-electron chi connectivity index (χ1n) is 13.9. The van der Waals surface area contributed by atoms with Crippen molar-refractivity contribution < 1.29 is 95.3 Å². The molecule has 0 saturated heterocycles. The van der Waals surface area contributed by atoms with E-state index in [2.05, 4.69) is 32.3 Å². The Labute approximate surface area is 330 Å². The van der Waals surface area contributed by atoms with E-state index in [0.29, 0.717) is 22.5 Å². The van der Waals surface area contributed by atoms with Crippen molar-refractivity contribution in [3.63, 3.8) is 0 Å². The van der Waals surface area contributed by atoms with Gasteiger partial charge in [-0.2, -0.15) is 10.2 Å². The van der Waals surface area contributed by atoms with Crippen LogP contribution in [0.4, 0.5) is 22.7 Å². The Morgan fingerprint density at radius 2 is 0.800 bits per heavy atom. The molecule has 6 rings (SSSR count). The maximum atomic E-state index is 11.8. The molecular formula is C34H20N4Na2O8S2. The average Bonchev–Trinajstić information content (AvgIpc) is 3.07. The van der Waals surface area contributed by atoms with Crippen LogP contribution >= 0.6 is 0 Å². The standard InChI is InChI=1S/C34H22N4O8S2.2Na/c39-33-27-7-3-1-5-25(27)31(47(41,42)43)19-29(33)37-35-23-15-11-21(12-16-23)9-10-22-13-17-24(18-14-22)36-38-30-20-32(48(44,45)46)26-6-2-4-8-28(26)34(30)40;;/h1-8,11-20,39-40H,(H,41,42,43)(H,44,45,46);;/q;2*+1/p-2. The first-order valence-corrected chi connectivity index (χ1v) is 16.7. The minimum atomic E-state index is -4.84. The van der Waals surface area contributed by atoms with Gasteiger partial charge in [0.15, 0.2) is 11.5 Å². The van der Waals surface area contributed by atoms with Crippen molar-refractivity contribution in [3.8, 4) is 23.3 Å². The summed E-state index contributed by atoms with van der Waals surface area (Å²) in [5.41, 5.74) is 1.69. The Hall–Kier alpha value is -3.98. The van der Waals surface area contributed by atoms with Crippen molar-refractivity contribution in [2.24, 2.45) is 20.5 Å². The summed E-state index contributed by atoms with van der Waals surface area (Å²) in [4.78, 5) is -1.02. The van der Waals surface area contributed by atoms with Gasteiger partial charge in [0, 0.05) is 32.7 Å². The summed E-state index contributed by atoms with van der Waals surface area (Å²) >= 11 is 0. The maximum Gasteiger partial charge on any atom is 1.00 e. The molecule has 50 heavy (non-hydrogen) atoms. The molecular weight excluding hydrogens is 703 g/mol. The van der Waals surface area contributed by atoms with Gasteiger partial charge in [0.05, 0.1) is 21.2 Å². The van der Waals surface area contributed by atoms with Gasteiger partial charge in [0.2, 0.25) is 0 Å². The van der Waals surface area contributed by atoms with Crippen LogP contribution in [0.5, 0.6) is 11.5 Å². The predicted molar refractivity (Wildman–Crippen MR) is 174 cm³/mol. The summed E-state index contributed by atoms with van der Waals surface area (Å²) in [6.45, 7) is 0. The predicted octanol–water partition coefficient (Wildman–Crippen LogP) is 1.45. The molecule has 0 unspecified atom stereocenters. The number of rotatable bonds is 6. The molecule has 0 aromatic heterocycles. The molecule has 0 amide bonds. The van der Waals surface area contributed by atoms with Gasteiger partial charge >= 0.3 is 59.1 Å². The second-order valence-corrected chi connectivity index (χ2v) is 12.9. The van der Waals surface area contributed by atoms with E-state index < -0.39 is 30.0 Å². The molecule has 0 aliphatic heterocycles. The second kappa shape index (κ2) is 15.9. The number of nitrogens with zero attached hydrogens (tertiary/aromatic N) is 4. The zero-order valence-electron chi connectivity index (χ0n) is 26.3. The number of aromatic hydroxyl groups is 2. The van der Waals surface area contributed by atoms with Crippen molar-refractivity contribution in [1.82, 2.24) is 0 Å². The number of fused-ring (bicyclic) bond motifs is 2. The molecule has 238 valence electrons. The number of hydrogen-bond donors (Lipinski definition) is 2. The summed E-state index contributed by atoms with van der Waals surface area (Å²) in [6.07, 6.45) is 0. The van der Waals surface area contributed by atoms with E-state index in [1.165, 1.54) is 24.3 Å². The van der Waals surface area contributed by atoms with Gasteiger partial charge in [-0.15, -0.1) is 10.2 Å². The molecule has 16 heteroatoms. The van der Waals surface area contributed by atoms with Gasteiger partial charge in [0.25, 0.3) is 0 Å². The van der Waals surface area contributed by atoms with Gasteiger partial charge in [-0.3, -0.25) is 0 Å². The number of azo groups is 2. The number of phenols is 2. The molecule has 0 aliphatic rings. The Kier molecular flexibility index (Phi) is 12.4. The SMILES string of the molecule is O=S(=O)([O-])c1cc(N=Nc2ccc(C#Cc3ccc(N=Nc4cc(S(=O)(=O)[O-])c5ccccc5c4O)cc3)cc2)c(O)c2ccccc12.[Na+].[Na+]. The first kappa shape index (κ1) is 38.8. The zero-order valence-corrected chi connectivity index (χ0v) is 32.0. The van der Waals surface area contributed by atoms with Crippen molar-refractivity contribution >= 4 is 64.5 Å². The van der Waals surface area contributed by atoms with E-state index in [-0.39, 0.29) is 104 Å². The first-order chi connectivity index (χ1) is 22.9. The van der Waals surface area contributed by atoms with Crippen LogP contribution in [0.1, 0.15) is 11.1 Å². The third-order valence-electron chi connectivity index (χ3n) is 7.09. The molecule has 0 bridgehead atoms. The normalized spacial score (nSPS) is 11.6. The van der Waals surface area contributed by atoms with E-state index in [1.54, 1.807) is 72.8 Å². The molecule has 6 aromatic rings. The molecule has 0 radical (unpaired) electrons. The van der Waals surface area contributed by atoms with E-state index in [0.717, 1.165) is 12.1 Å². The van der Waals surface area contributed by atoms with Gasteiger partial charge < -0.3 is 19.3 Å². The Bertz CT molecular complexity index is 2410. The fourth-order valence-electron chi connectivity index (χ4n) is 4.78. The summed E-state index contributed by atoms with van der Waals surface area (Å²) in [6, 6.07) is 27.3. The molecule has 0 aliphatic carbocycles. The fourth-order valence-corrected chi connectivity index (χ4v) is 6.19. The molecule has 0 saturated carbocycles. The fraction of sp³-hybridized carbons (Fsp3) is 0. The van der Waals surface area contributed by atoms with Crippen LogP contribution < -0.4 is 59.1 Å². The number of hydrogen-bond acceptors (Lipinski definition) is 12. The maximum absolute atomic E-state index is 11.8.